The summed E-state index contributed by atoms with van der Waals surface area (Å²) >= 11 is 3.55. The van der Waals surface area contributed by atoms with Gasteiger partial charge in [-0.1, -0.05) is 12.1 Å². The Hall–Kier alpha value is -1.86. The van der Waals surface area contributed by atoms with Gasteiger partial charge in [-0.2, -0.15) is 5.26 Å². The fourth-order valence-corrected chi connectivity index (χ4v) is 2.03. The summed E-state index contributed by atoms with van der Waals surface area (Å²) in [4.78, 5) is 3.95. The van der Waals surface area contributed by atoms with Gasteiger partial charge in [0, 0.05) is 22.9 Å². The topological polar surface area (TPSA) is 48.7 Å². The van der Waals surface area contributed by atoms with Gasteiger partial charge in [0.2, 0.25) is 0 Å². The lowest BCUT2D eigenvalue weighted by molar-refractivity contribution is 1.11. The maximum Gasteiger partial charge on any atom is 0.140 e. The lowest BCUT2D eigenvalue weighted by atomic mass is 10.2. The summed E-state index contributed by atoms with van der Waals surface area (Å²) in [5, 5.41) is 12.1. The number of benzene rings is 1. The molecule has 2 aromatic rings. The summed E-state index contributed by atoms with van der Waals surface area (Å²) in [6.07, 6.45) is 1.65. The van der Waals surface area contributed by atoms with Crippen molar-refractivity contribution in [3.63, 3.8) is 0 Å². The maximum atomic E-state index is 8.79. The van der Waals surface area contributed by atoms with E-state index in [1.54, 1.807) is 12.3 Å². The Morgan fingerprint density at radius 1 is 1.39 bits per heavy atom. The van der Waals surface area contributed by atoms with Gasteiger partial charge in [-0.05, 0) is 52.2 Å². The molecule has 2 rings (SSSR count). The molecule has 18 heavy (non-hydrogen) atoms. The highest BCUT2D eigenvalue weighted by molar-refractivity contribution is 9.10. The predicted molar refractivity (Wildman–Crippen MR) is 75.2 cm³/mol. The summed E-state index contributed by atoms with van der Waals surface area (Å²) in [7, 11) is 0. The van der Waals surface area contributed by atoms with E-state index in [0.29, 0.717) is 12.2 Å². The molecule has 0 aliphatic carbocycles. The average molecular weight is 302 g/mol. The number of rotatable bonds is 3. The average Bonchev–Trinajstić information content (AvgIpc) is 2.41. The number of aromatic nitrogens is 1. The van der Waals surface area contributed by atoms with Crippen molar-refractivity contribution < 1.29 is 0 Å². The van der Waals surface area contributed by atoms with Crippen molar-refractivity contribution in [3.8, 4) is 6.07 Å². The Bertz CT molecular complexity index is 602. The third kappa shape index (κ3) is 2.88. The van der Waals surface area contributed by atoms with E-state index in [-0.39, 0.29) is 0 Å². The van der Waals surface area contributed by atoms with Gasteiger partial charge in [-0.15, -0.1) is 0 Å². The lowest BCUT2D eigenvalue weighted by Crippen LogP contribution is -2.01. The molecule has 1 aromatic carbocycles. The zero-order valence-corrected chi connectivity index (χ0v) is 11.5. The molecule has 1 heterocycles. The minimum Gasteiger partial charge on any atom is -0.380 e. The molecule has 0 bridgehead atoms. The number of pyridine rings is 1. The third-order valence-corrected chi connectivity index (χ3v) is 3.67. The van der Waals surface area contributed by atoms with Crippen molar-refractivity contribution in [2.24, 2.45) is 0 Å². The van der Waals surface area contributed by atoms with E-state index in [2.05, 4.69) is 39.2 Å². The Kier molecular flexibility index (Phi) is 3.96. The smallest absolute Gasteiger partial charge is 0.140 e. The molecule has 0 aliphatic heterocycles. The Morgan fingerprint density at radius 2 is 2.22 bits per heavy atom. The Labute approximate surface area is 115 Å². The Morgan fingerprint density at radius 3 is 3.00 bits per heavy atom. The van der Waals surface area contributed by atoms with E-state index in [9.17, 15) is 0 Å². The molecular weight excluding hydrogens is 290 g/mol. The maximum absolute atomic E-state index is 8.79. The second-order valence-corrected chi connectivity index (χ2v) is 4.74. The van der Waals surface area contributed by atoms with Crippen molar-refractivity contribution in [1.29, 1.82) is 5.26 Å². The second kappa shape index (κ2) is 5.65. The number of nitrogens with one attached hydrogen (secondary N) is 1. The molecule has 4 heteroatoms. The largest absolute Gasteiger partial charge is 0.380 e. The molecule has 0 unspecified atom stereocenters. The van der Waals surface area contributed by atoms with Crippen molar-refractivity contribution in [3.05, 3.63) is 57.8 Å². The van der Waals surface area contributed by atoms with E-state index < -0.39 is 0 Å². The molecule has 0 amide bonds. The third-order valence-electron chi connectivity index (χ3n) is 2.61. The number of hydrogen-bond donors (Lipinski definition) is 1. The van der Waals surface area contributed by atoms with Gasteiger partial charge >= 0.3 is 0 Å². The molecule has 90 valence electrons. The van der Waals surface area contributed by atoms with E-state index in [1.807, 2.05) is 24.3 Å². The first kappa shape index (κ1) is 12.6. The summed E-state index contributed by atoms with van der Waals surface area (Å²) < 4.78 is 1.07. The number of aryl methyl sites for hydroxylation is 1. The molecule has 3 nitrogen and oxygen atoms in total. The number of halogens is 1. The van der Waals surface area contributed by atoms with Crippen LogP contribution in [0.3, 0.4) is 0 Å². The van der Waals surface area contributed by atoms with Gasteiger partial charge in [0.05, 0.1) is 0 Å². The summed E-state index contributed by atoms with van der Waals surface area (Å²) in [5.41, 5.74) is 3.71. The highest BCUT2D eigenvalue weighted by Gasteiger charge is 2.02. The highest BCUT2D eigenvalue weighted by Crippen LogP contribution is 2.26. The van der Waals surface area contributed by atoms with Crippen molar-refractivity contribution in [2.75, 3.05) is 5.32 Å². The molecule has 0 radical (unpaired) electrons. The minimum absolute atomic E-state index is 0.442. The van der Waals surface area contributed by atoms with Gasteiger partial charge in [0.1, 0.15) is 11.8 Å². The first-order valence-corrected chi connectivity index (χ1v) is 6.34. The van der Waals surface area contributed by atoms with Crippen LogP contribution in [0, 0.1) is 18.3 Å². The summed E-state index contributed by atoms with van der Waals surface area (Å²) in [6.45, 7) is 2.72. The molecule has 0 saturated carbocycles. The van der Waals surface area contributed by atoms with Crippen LogP contribution in [-0.2, 0) is 6.54 Å². The molecule has 1 aromatic heterocycles. The molecular formula is C14H12BrN3. The standard InChI is InChI=1S/C14H12BrN3/c1-10-3-2-4-13(14(10)15)18-9-11-5-6-17-12(7-11)8-16/h2-7,18H,9H2,1H3. The number of nitriles is 1. The van der Waals surface area contributed by atoms with Gasteiger partial charge in [-0.25, -0.2) is 4.98 Å². The van der Waals surface area contributed by atoms with Crippen LogP contribution in [0.1, 0.15) is 16.8 Å². The summed E-state index contributed by atoms with van der Waals surface area (Å²) in [6, 6.07) is 11.8. The molecule has 0 aliphatic rings. The van der Waals surface area contributed by atoms with Crippen LogP contribution in [-0.4, -0.2) is 4.98 Å². The molecule has 0 saturated heterocycles. The normalized spacial score (nSPS) is 9.83. The molecule has 0 atom stereocenters. The molecule has 0 spiro atoms. The predicted octanol–water partition coefficient (Wildman–Crippen LogP) is 3.64. The lowest BCUT2D eigenvalue weighted by Gasteiger charge is -2.10. The highest BCUT2D eigenvalue weighted by atomic mass is 79.9. The van der Waals surface area contributed by atoms with Crippen molar-refractivity contribution >= 4 is 21.6 Å². The van der Waals surface area contributed by atoms with Crippen LogP contribution >= 0.6 is 15.9 Å². The number of nitrogens with zero attached hydrogens (tertiary/aromatic N) is 2. The van der Waals surface area contributed by atoms with Gasteiger partial charge in [-0.3, -0.25) is 0 Å². The second-order valence-electron chi connectivity index (χ2n) is 3.95. The minimum atomic E-state index is 0.442. The zero-order valence-electron chi connectivity index (χ0n) is 9.94. The fraction of sp³-hybridized carbons (Fsp3) is 0.143. The Balaban J connectivity index is 2.12. The molecule has 1 N–H and O–H groups in total. The summed E-state index contributed by atoms with van der Waals surface area (Å²) in [5.74, 6) is 0. The van der Waals surface area contributed by atoms with Crippen LogP contribution in [0.5, 0.6) is 0 Å². The van der Waals surface area contributed by atoms with Gasteiger partial charge in [0.15, 0.2) is 0 Å². The van der Waals surface area contributed by atoms with Crippen LogP contribution in [0.15, 0.2) is 41.0 Å². The van der Waals surface area contributed by atoms with Gasteiger partial charge in [0.25, 0.3) is 0 Å². The monoisotopic (exact) mass is 301 g/mol. The van der Waals surface area contributed by atoms with E-state index in [4.69, 9.17) is 5.26 Å². The van der Waals surface area contributed by atoms with Gasteiger partial charge < -0.3 is 5.32 Å². The van der Waals surface area contributed by atoms with E-state index >= 15 is 0 Å². The van der Waals surface area contributed by atoms with E-state index in [1.165, 1.54) is 5.56 Å². The van der Waals surface area contributed by atoms with Crippen LogP contribution in [0.2, 0.25) is 0 Å². The quantitative estimate of drug-likeness (QED) is 0.941. The van der Waals surface area contributed by atoms with Crippen LogP contribution in [0.25, 0.3) is 0 Å². The first-order chi connectivity index (χ1) is 8.70. The van der Waals surface area contributed by atoms with Crippen LogP contribution < -0.4 is 5.32 Å². The SMILES string of the molecule is Cc1cccc(NCc2ccnc(C#N)c2)c1Br. The van der Waals surface area contributed by atoms with E-state index in [0.717, 1.165) is 15.7 Å². The molecule has 0 fully saturated rings. The number of anilines is 1. The van der Waals surface area contributed by atoms with Crippen LogP contribution in [0.4, 0.5) is 5.69 Å². The fourth-order valence-electron chi connectivity index (χ4n) is 1.63. The van der Waals surface area contributed by atoms with Crippen molar-refractivity contribution in [2.45, 2.75) is 13.5 Å². The zero-order chi connectivity index (χ0) is 13.0. The van der Waals surface area contributed by atoms with Crippen molar-refractivity contribution in [1.82, 2.24) is 4.98 Å². The number of hydrogen-bond acceptors (Lipinski definition) is 3. The first-order valence-electron chi connectivity index (χ1n) is 5.54.